The molecule has 0 aliphatic carbocycles. The van der Waals surface area contributed by atoms with Crippen molar-refractivity contribution in [3.63, 3.8) is 0 Å². The lowest BCUT2D eigenvalue weighted by atomic mass is 10.5. The number of carbonyl (C=O) groups is 1. The van der Waals surface area contributed by atoms with Gasteiger partial charge in [0.2, 0.25) is 0 Å². The molecule has 13 heavy (non-hydrogen) atoms. The summed E-state index contributed by atoms with van der Waals surface area (Å²) in [6.07, 6.45) is 1.41. The number of urea groups is 1. The van der Waals surface area contributed by atoms with E-state index in [2.05, 4.69) is 15.0 Å². The number of nitrogens with zero attached hydrogens (tertiary/aromatic N) is 2. The fourth-order valence-electron chi connectivity index (χ4n) is 0.976. The predicted molar refractivity (Wildman–Crippen MR) is 48.4 cm³/mol. The summed E-state index contributed by atoms with van der Waals surface area (Å²) in [6, 6.07) is 1.44. The van der Waals surface area contributed by atoms with Gasteiger partial charge in [-0.3, -0.25) is 5.32 Å². The Bertz CT molecular complexity index is 254. The average Bonchev–Trinajstić information content (AvgIpc) is 2.59. The number of nitrogens with one attached hydrogen (secondary N) is 1. The maximum absolute atomic E-state index is 11.4. The molecule has 0 unspecified atom stereocenters. The Kier molecular flexibility index (Phi) is 3.31. The Hall–Kier alpha value is -1.52. The van der Waals surface area contributed by atoms with E-state index in [1.807, 2.05) is 13.8 Å². The first-order chi connectivity index (χ1) is 6.27. The Morgan fingerprint density at radius 3 is 2.77 bits per heavy atom. The largest absolute Gasteiger partial charge is 0.363 e. The topological polar surface area (TPSA) is 58.4 Å². The van der Waals surface area contributed by atoms with Crippen LogP contribution in [-0.2, 0) is 0 Å². The smallest absolute Gasteiger partial charge is 0.323 e. The Morgan fingerprint density at radius 1 is 1.62 bits per heavy atom. The lowest BCUT2D eigenvalue weighted by Gasteiger charge is -2.17. The predicted octanol–water partition coefficient (Wildman–Crippen LogP) is 1.55. The maximum atomic E-state index is 11.4. The monoisotopic (exact) mass is 183 g/mol. The van der Waals surface area contributed by atoms with Crippen LogP contribution in [0.1, 0.15) is 13.8 Å². The summed E-state index contributed by atoms with van der Waals surface area (Å²) in [5.74, 6) is 0.442. The normalized spacial score (nSPS) is 9.69. The third-order valence-electron chi connectivity index (χ3n) is 1.72. The second-order valence-electron chi connectivity index (χ2n) is 2.49. The van der Waals surface area contributed by atoms with Gasteiger partial charge in [-0.15, -0.1) is 0 Å². The van der Waals surface area contributed by atoms with Crippen LogP contribution in [0.5, 0.6) is 0 Å². The molecule has 0 saturated carbocycles. The molecule has 0 saturated heterocycles. The van der Waals surface area contributed by atoms with Gasteiger partial charge in [0.15, 0.2) is 5.82 Å². The Labute approximate surface area is 76.7 Å². The molecular formula is C8H13N3O2. The lowest BCUT2D eigenvalue weighted by molar-refractivity contribution is 0.217. The van der Waals surface area contributed by atoms with Crippen molar-refractivity contribution in [1.29, 1.82) is 0 Å². The van der Waals surface area contributed by atoms with E-state index in [0.717, 1.165) is 0 Å². The fourth-order valence-corrected chi connectivity index (χ4v) is 0.976. The van der Waals surface area contributed by atoms with E-state index < -0.39 is 0 Å². The second-order valence-corrected chi connectivity index (χ2v) is 2.49. The first kappa shape index (κ1) is 9.57. The lowest BCUT2D eigenvalue weighted by Crippen LogP contribution is -2.34. The number of amides is 2. The van der Waals surface area contributed by atoms with Gasteiger partial charge >= 0.3 is 6.03 Å². The van der Waals surface area contributed by atoms with Crippen LogP contribution in [0.15, 0.2) is 16.9 Å². The van der Waals surface area contributed by atoms with Crippen LogP contribution in [0.4, 0.5) is 10.6 Å². The summed E-state index contributed by atoms with van der Waals surface area (Å²) >= 11 is 0. The molecule has 0 radical (unpaired) electrons. The molecule has 1 N–H and O–H groups in total. The summed E-state index contributed by atoms with van der Waals surface area (Å²) in [7, 11) is 0. The first-order valence-corrected chi connectivity index (χ1v) is 4.24. The molecule has 72 valence electrons. The van der Waals surface area contributed by atoms with Crippen molar-refractivity contribution < 1.29 is 9.32 Å². The third kappa shape index (κ3) is 2.47. The number of hydrogen-bond donors (Lipinski definition) is 1. The second kappa shape index (κ2) is 4.49. The summed E-state index contributed by atoms with van der Waals surface area (Å²) < 4.78 is 4.58. The molecule has 1 aromatic rings. The average molecular weight is 183 g/mol. The molecule has 1 heterocycles. The minimum atomic E-state index is -0.154. The summed E-state index contributed by atoms with van der Waals surface area (Å²) in [5, 5.41) is 6.18. The van der Waals surface area contributed by atoms with Gasteiger partial charge in [0.05, 0.1) is 0 Å². The van der Waals surface area contributed by atoms with E-state index in [9.17, 15) is 4.79 Å². The number of aromatic nitrogens is 1. The molecule has 5 nitrogen and oxygen atoms in total. The van der Waals surface area contributed by atoms with E-state index >= 15 is 0 Å². The number of carbonyl (C=O) groups excluding carboxylic acids is 1. The Balaban J connectivity index is 2.49. The van der Waals surface area contributed by atoms with Crippen molar-refractivity contribution in [2.24, 2.45) is 0 Å². The standard InChI is InChI=1S/C8H13N3O2/c1-3-11(4-2)8(12)9-7-5-6-13-10-7/h5-6H,3-4H2,1-2H3,(H,9,10,12). The number of hydrogen-bond acceptors (Lipinski definition) is 3. The van der Waals surface area contributed by atoms with Gasteiger partial charge in [-0.25, -0.2) is 4.79 Å². The molecule has 1 aromatic heterocycles. The van der Waals surface area contributed by atoms with E-state index in [0.29, 0.717) is 18.9 Å². The van der Waals surface area contributed by atoms with Gasteiger partial charge in [0.25, 0.3) is 0 Å². The quantitative estimate of drug-likeness (QED) is 0.773. The minimum absolute atomic E-state index is 0.154. The van der Waals surface area contributed by atoms with Crippen molar-refractivity contribution in [3.8, 4) is 0 Å². The summed E-state index contributed by atoms with van der Waals surface area (Å²) in [4.78, 5) is 13.1. The minimum Gasteiger partial charge on any atom is -0.363 e. The summed E-state index contributed by atoms with van der Waals surface area (Å²) in [6.45, 7) is 5.21. The highest BCUT2D eigenvalue weighted by molar-refractivity contribution is 5.88. The highest BCUT2D eigenvalue weighted by Crippen LogP contribution is 2.02. The molecule has 0 bridgehead atoms. The van der Waals surface area contributed by atoms with Crippen molar-refractivity contribution in [1.82, 2.24) is 10.1 Å². The zero-order valence-corrected chi connectivity index (χ0v) is 7.78. The molecular weight excluding hydrogens is 170 g/mol. The molecule has 5 heteroatoms. The van der Waals surface area contributed by atoms with Gasteiger partial charge in [-0.1, -0.05) is 5.16 Å². The first-order valence-electron chi connectivity index (χ1n) is 4.24. The van der Waals surface area contributed by atoms with Crippen molar-refractivity contribution in [2.75, 3.05) is 18.4 Å². The number of anilines is 1. The highest BCUT2D eigenvalue weighted by Gasteiger charge is 2.09. The van der Waals surface area contributed by atoms with Gasteiger partial charge in [0, 0.05) is 19.2 Å². The molecule has 0 spiro atoms. The summed E-state index contributed by atoms with van der Waals surface area (Å²) in [5.41, 5.74) is 0. The van der Waals surface area contributed by atoms with E-state index in [1.165, 1.54) is 6.26 Å². The van der Waals surface area contributed by atoms with Crippen LogP contribution in [-0.4, -0.2) is 29.2 Å². The van der Waals surface area contributed by atoms with Gasteiger partial charge < -0.3 is 9.42 Å². The van der Waals surface area contributed by atoms with Crippen LogP contribution in [0, 0.1) is 0 Å². The van der Waals surface area contributed by atoms with Crippen LogP contribution in [0.25, 0.3) is 0 Å². The molecule has 0 aliphatic heterocycles. The molecule has 2 amide bonds. The SMILES string of the molecule is CCN(CC)C(=O)Nc1ccon1. The van der Waals surface area contributed by atoms with E-state index in [-0.39, 0.29) is 6.03 Å². The molecule has 0 aromatic carbocycles. The van der Waals surface area contributed by atoms with Crippen molar-refractivity contribution in [3.05, 3.63) is 12.3 Å². The molecule has 0 aliphatic rings. The molecule has 1 rings (SSSR count). The maximum Gasteiger partial charge on any atom is 0.323 e. The van der Waals surface area contributed by atoms with Crippen LogP contribution < -0.4 is 5.32 Å². The number of rotatable bonds is 3. The van der Waals surface area contributed by atoms with Gasteiger partial charge in [-0.05, 0) is 13.8 Å². The van der Waals surface area contributed by atoms with Gasteiger partial charge in [0.1, 0.15) is 6.26 Å². The van der Waals surface area contributed by atoms with Crippen LogP contribution in [0.3, 0.4) is 0 Å². The zero-order chi connectivity index (χ0) is 9.68. The van der Waals surface area contributed by atoms with E-state index in [1.54, 1.807) is 11.0 Å². The molecule has 0 atom stereocenters. The van der Waals surface area contributed by atoms with Crippen molar-refractivity contribution >= 4 is 11.8 Å². The Morgan fingerprint density at radius 2 is 2.31 bits per heavy atom. The third-order valence-corrected chi connectivity index (χ3v) is 1.72. The van der Waals surface area contributed by atoms with Gasteiger partial charge in [-0.2, -0.15) is 0 Å². The van der Waals surface area contributed by atoms with Crippen molar-refractivity contribution in [2.45, 2.75) is 13.8 Å². The highest BCUT2D eigenvalue weighted by atomic mass is 16.5. The molecule has 0 fully saturated rings. The van der Waals surface area contributed by atoms with E-state index in [4.69, 9.17) is 0 Å². The fraction of sp³-hybridized carbons (Fsp3) is 0.500. The van der Waals surface area contributed by atoms with Crippen LogP contribution in [0.2, 0.25) is 0 Å². The zero-order valence-electron chi connectivity index (χ0n) is 7.78. The van der Waals surface area contributed by atoms with Crippen LogP contribution >= 0.6 is 0 Å².